The number of carbonyl (C=O) groups excluding carboxylic acids is 1. The van der Waals surface area contributed by atoms with Crippen LogP contribution < -0.4 is 5.73 Å². The number of nitrogens with two attached hydrogens (primary N) is 1. The number of amides is 1. The fraction of sp³-hybridized carbons (Fsp3) is 0.750. The van der Waals surface area contributed by atoms with Crippen molar-refractivity contribution < 1.29 is 4.79 Å². The van der Waals surface area contributed by atoms with Crippen LogP contribution >= 0.6 is 0 Å². The minimum absolute atomic E-state index is 0.0379. The molecule has 2 saturated heterocycles. The van der Waals surface area contributed by atoms with Crippen LogP contribution in [0.15, 0.2) is 0 Å². The molecule has 0 aromatic rings. The third kappa shape index (κ3) is 0.833. The maximum Gasteiger partial charge on any atom is 0.240 e. The van der Waals surface area contributed by atoms with E-state index in [1.54, 1.807) is 4.90 Å². The van der Waals surface area contributed by atoms with E-state index in [2.05, 4.69) is 6.07 Å². The number of hydrogen-bond donors (Lipinski definition) is 1. The van der Waals surface area contributed by atoms with Gasteiger partial charge in [-0.15, -0.1) is 0 Å². The Hall–Kier alpha value is -1.08. The Morgan fingerprint density at radius 1 is 1.58 bits per heavy atom. The molecule has 1 amide bonds. The average molecular weight is 165 g/mol. The first-order chi connectivity index (χ1) is 5.74. The topological polar surface area (TPSA) is 70.1 Å². The third-order valence-corrected chi connectivity index (χ3v) is 2.75. The molecular formula is C8H11N3O. The van der Waals surface area contributed by atoms with Crippen molar-refractivity contribution in [3.05, 3.63) is 0 Å². The van der Waals surface area contributed by atoms with Gasteiger partial charge in [-0.25, -0.2) is 0 Å². The quantitative estimate of drug-likeness (QED) is 0.531. The predicted octanol–water partition coefficient (Wildman–Crippen LogP) is -0.399. The lowest BCUT2D eigenvalue weighted by Gasteiger charge is -2.18. The van der Waals surface area contributed by atoms with E-state index < -0.39 is 0 Å². The monoisotopic (exact) mass is 165 g/mol. The van der Waals surface area contributed by atoms with E-state index in [0.29, 0.717) is 0 Å². The summed E-state index contributed by atoms with van der Waals surface area (Å²) in [6, 6.07) is 1.82. The fourth-order valence-electron chi connectivity index (χ4n) is 2.16. The van der Waals surface area contributed by atoms with Gasteiger partial charge in [0.15, 0.2) is 0 Å². The van der Waals surface area contributed by atoms with Crippen molar-refractivity contribution in [3.8, 4) is 6.07 Å². The normalized spacial score (nSPS) is 39.8. The first-order valence-corrected chi connectivity index (χ1v) is 4.21. The summed E-state index contributed by atoms with van der Waals surface area (Å²) in [5, 5.41) is 8.73. The highest BCUT2D eigenvalue weighted by Crippen LogP contribution is 2.32. The maximum absolute atomic E-state index is 11.4. The van der Waals surface area contributed by atoms with Gasteiger partial charge in [0.05, 0.1) is 12.1 Å². The summed E-state index contributed by atoms with van der Waals surface area (Å²) in [5.41, 5.74) is 5.58. The summed E-state index contributed by atoms with van der Waals surface area (Å²) in [6.07, 6.45) is 2.49. The SMILES string of the molecule is N#C[C@@H]1CC[C@H]2C[C@@H](N)C(=O)N21. The van der Waals surface area contributed by atoms with Crippen LogP contribution in [-0.4, -0.2) is 28.9 Å². The van der Waals surface area contributed by atoms with Gasteiger partial charge in [0.2, 0.25) is 5.91 Å². The summed E-state index contributed by atoms with van der Waals surface area (Å²) in [6.45, 7) is 0. The van der Waals surface area contributed by atoms with Crippen molar-refractivity contribution in [3.63, 3.8) is 0 Å². The molecule has 12 heavy (non-hydrogen) atoms. The predicted molar refractivity (Wildman–Crippen MR) is 41.9 cm³/mol. The summed E-state index contributed by atoms with van der Waals surface area (Å²) < 4.78 is 0. The second kappa shape index (κ2) is 2.46. The van der Waals surface area contributed by atoms with Crippen molar-refractivity contribution in [1.82, 2.24) is 4.90 Å². The van der Waals surface area contributed by atoms with Crippen molar-refractivity contribution in [2.24, 2.45) is 5.73 Å². The molecule has 0 aromatic heterocycles. The zero-order valence-electron chi connectivity index (χ0n) is 6.73. The molecule has 0 aromatic carbocycles. The number of nitriles is 1. The number of carbonyl (C=O) groups is 1. The molecule has 0 bridgehead atoms. The van der Waals surface area contributed by atoms with Crippen molar-refractivity contribution in [2.45, 2.75) is 37.4 Å². The Labute approximate surface area is 70.9 Å². The smallest absolute Gasteiger partial charge is 0.240 e. The highest BCUT2D eigenvalue weighted by molar-refractivity contribution is 5.85. The second-order valence-corrected chi connectivity index (χ2v) is 3.46. The van der Waals surface area contributed by atoms with Crippen molar-refractivity contribution >= 4 is 5.91 Å². The van der Waals surface area contributed by atoms with Crippen LogP contribution in [0, 0.1) is 11.3 Å². The number of nitrogens with zero attached hydrogens (tertiary/aromatic N) is 2. The van der Waals surface area contributed by atoms with Gasteiger partial charge in [-0.2, -0.15) is 5.26 Å². The summed E-state index contributed by atoms with van der Waals surface area (Å²) in [4.78, 5) is 13.1. The van der Waals surface area contributed by atoms with Gasteiger partial charge in [0.25, 0.3) is 0 Å². The van der Waals surface area contributed by atoms with E-state index in [4.69, 9.17) is 11.0 Å². The lowest BCUT2D eigenvalue weighted by Crippen LogP contribution is -2.38. The van der Waals surface area contributed by atoms with Crippen LogP contribution in [0.5, 0.6) is 0 Å². The maximum atomic E-state index is 11.4. The van der Waals surface area contributed by atoms with Gasteiger partial charge in [0, 0.05) is 6.04 Å². The van der Waals surface area contributed by atoms with Crippen LogP contribution in [-0.2, 0) is 4.79 Å². The molecular weight excluding hydrogens is 154 g/mol. The highest BCUT2D eigenvalue weighted by Gasteiger charge is 2.45. The summed E-state index contributed by atoms with van der Waals surface area (Å²) >= 11 is 0. The van der Waals surface area contributed by atoms with Gasteiger partial charge in [-0.05, 0) is 19.3 Å². The molecule has 0 aliphatic carbocycles. The molecule has 2 fully saturated rings. The van der Waals surface area contributed by atoms with E-state index in [-0.39, 0.29) is 24.0 Å². The molecule has 0 radical (unpaired) electrons. The zero-order valence-corrected chi connectivity index (χ0v) is 6.73. The number of fused-ring (bicyclic) bond motifs is 1. The second-order valence-electron chi connectivity index (χ2n) is 3.46. The van der Waals surface area contributed by atoms with Crippen molar-refractivity contribution in [2.75, 3.05) is 0 Å². The molecule has 64 valence electrons. The lowest BCUT2D eigenvalue weighted by atomic mass is 10.1. The molecule has 2 rings (SSSR count). The first kappa shape index (κ1) is 7.56. The first-order valence-electron chi connectivity index (χ1n) is 4.21. The van der Waals surface area contributed by atoms with Gasteiger partial charge in [-0.3, -0.25) is 4.79 Å². The van der Waals surface area contributed by atoms with Gasteiger partial charge >= 0.3 is 0 Å². The number of hydrogen-bond acceptors (Lipinski definition) is 3. The van der Waals surface area contributed by atoms with E-state index >= 15 is 0 Å². The zero-order chi connectivity index (χ0) is 8.72. The molecule has 2 aliphatic heterocycles. The Morgan fingerprint density at radius 3 is 3.00 bits per heavy atom. The average Bonchev–Trinajstić information content (AvgIpc) is 2.55. The van der Waals surface area contributed by atoms with Gasteiger partial charge in [0.1, 0.15) is 6.04 Å². The molecule has 2 N–H and O–H groups in total. The summed E-state index contributed by atoms with van der Waals surface area (Å²) in [7, 11) is 0. The molecule has 2 aliphatic rings. The van der Waals surface area contributed by atoms with Crippen LogP contribution in [0.2, 0.25) is 0 Å². The Bertz CT molecular complexity index is 258. The minimum Gasteiger partial charge on any atom is -0.322 e. The van der Waals surface area contributed by atoms with E-state index in [9.17, 15) is 4.79 Å². The van der Waals surface area contributed by atoms with Crippen LogP contribution in [0.3, 0.4) is 0 Å². The van der Waals surface area contributed by atoms with E-state index in [1.165, 1.54) is 0 Å². The molecule has 0 saturated carbocycles. The van der Waals surface area contributed by atoms with Crippen LogP contribution in [0.25, 0.3) is 0 Å². The van der Waals surface area contributed by atoms with Gasteiger partial charge < -0.3 is 10.6 Å². The highest BCUT2D eigenvalue weighted by atomic mass is 16.2. The molecule has 2 heterocycles. The van der Waals surface area contributed by atoms with Gasteiger partial charge in [-0.1, -0.05) is 0 Å². The van der Waals surface area contributed by atoms with Crippen LogP contribution in [0.4, 0.5) is 0 Å². The van der Waals surface area contributed by atoms with Crippen LogP contribution in [0.1, 0.15) is 19.3 Å². The minimum atomic E-state index is -0.355. The standard InChI is InChI=1S/C8H11N3O/c9-4-6-2-1-5-3-7(10)8(12)11(5)6/h5-7H,1-3,10H2/t5-,6-,7+/m0/s1. The Morgan fingerprint density at radius 2 is 2.33 bits per heavy atom. The summed E-state index contributed by atoms with van der Waals surface area (Å²) in [5.74, 6) is -0.0379. The number of rotatable bonds is 0. The fourth-order valence-corrected chi connectivity index (χ4v) is 2.16. The largest absolute Gasteiger partial charge is 0.322 e. The molecule has 4 heteroatoms. The molecule has 0 spiro atoms. The molecule has 0 unspecified atom stereocenters. The Kier molecular flexibility index (Phi) is 1.55. The van der Waals surface area contributed by atoms with E-state index in [0.717, 1.165) is 19.3 Å². The molecule has 3 atom stereocenters. The Balaban J connectivity index is 2.22. The molecule has 4 nitrogen and oxygen atoms in total. The van der Waals surface area contributed by atoms with E-state index in [1.807, 2.05) is 0 Å². The lowest BCUT2D eigenvalue weighted by molar-refractivity contribution is -0.129. The van der Waals surface area contributed by atoms with Crippen molar-refractivity contribution in [1.29, 1.82) is 5.26 Å². The third-order valence-electron chi connectivity index (χ3n) is 2.75.